The van der Waals surface area contributed by atoms with Gasteiger partial charge in [-0.25, -0.2) is 9.37 Å². The van der Waals surface area contributed by atoms with Crippen molar-refractivity contribution in [2.24, 2.45) is 7.05 Å². The molecule has 3 aromatic rings. The molecule has 2 aliphatic heterocycles. The number of nitrogens with one attached hydrogen (secondary N) is 1. The SMILES string of the molecule is Cc1ncn(C)c1C(=O)N1CC[C@]2(C(=O)Nc3ccccc32)[C@@H]1c1ccc(F)cc1. The number of benzene rings is 2. The van der Waals surface area contributed by atoms with E-state index in [0.717, 1.165) is 16.8 Å². The van der Waals surface area contributed by atoms with Crippen LogP contribution in [0.2, 0.25) is 0 Å². The van der Waals surface area contributed by atoms with Crippen LogP contribution in [0.15, 0.2) is 54.9 Å². The normalized spacial score (nSPS) is 22.4. The van der Waals surface area contributed by atoms with Crippen LogP contribution in [0.4, 0.5) is 10.1 Å². The number of fused-ring (bicyclic) bond motifs is 2. The Kier molecular flexibility index (Phi) is 4.03. The predicted molar refractivity (Wildman–Crippen MR) is 109 cm³/mol. The molecule has 1 spiro atoms. The molecule has 0 unspecified atom stereocenters. The second-order valence-electron chi connectivity index (χ2n) is 7.96. The van der Waals surface area contributed by atoms with Crippen molar-refractivity contribution in [2.75, 3.05) is 11.9 Å². The number of anilines is 1. The fourth-order valence-corrected chi connectivity index (χ4v) is 5.00. The number of amides is 2. The van der Waals surface area contributed by atoms with Gasteiger partial charge in [0, 0.05) is 19.3 Å². The molecule has 0 saturated carbocycles. The van der Waals surface area contributed by atoms with Crippen LogP contribution in [0.3, 0.4) is 0 Å². The van der Waals surface area contributed by atoms with E-state index in [1.165, 1.54) is 12.1 Å². The van der Waals surface area contributed by atoms with E-state index >= 15 is 0 Å². The Morgan fingerprint density at radius 2 is 1.93 bits per heavy atom. The average Bonchev–Trinajstić information content (AvgIpc) is 3.38. The Morgan fingerprint density at radius 1 is 1.20 bits per heavy atom. The van der Waals surface area contributed by atoms with Crippen LogP contribution in [0, 0.1) is 12.7 Å². The highest BCUT2D eigenvalue weighted by atomic mass is 19.1. The lowest BCUT2D eigenvalue weighted by molar-refractivity contribution is -0.121. The minimum Gasteiger partial charge on any atom is -0.330 e. The quantitative estimate of drug-likeness (QED) is 0.712. The van der Waals surface area contributed by atoms with E-state index < -0.39 is 11.5 Å². The van der Waals surface area contributed by atoms with Crippen molar-refractivity contribution in [3.05, 3.63) is 83.2 Å². The topological polar surface area (TPSA) is 67.2 Å². The summed E-state index contributed by atoms with van der Waals surface area (Å²) >= 11 is 0. The minimum absolute atomic E-state index is 0.130. The molecule has 1 aromatic heterocycles. The van der Waals surface area contributed by atoms with E-state index in [1.54, 1.807) is 41.9 Å². The number of para-hydroxylation sites is 1. The molecule has 1 saturated heterocycles. The van der Waals surface area contributed by atoms with Gasteiger partial charge in [0.05, 0.1) is 18.1 Å². The molecule has 2 atom stereocenters. The lowest BCUT2D eigenvalue weighted by Gasteiger charge is -2.34. The van der Waals surface area contributed by atoms with Gasteiger partial charge in [-0.15, -0.1) is 0 Å². The number of carbonyl (C=O) groups excluding carboxylic acids is 2. The van der Waals surface area contributed by atoms with Crippen LogP contribution >= 0.6 is 0 Å². The highest BCUT2D eigenvalue weighted by Gasteiger charge is 2.59. The molecule has 0 radical (unpaired) electrons. The molecule has 0 aliphatic carbocycles. The summed E-state index contributed by atoms with van der Waals surface area (Å²) in [5.74, 6) is -0.673. The molecular formula is C23H21FN4O2. The van der Waals surface area contributed by atoms with Gasteiger partial charge >= 0.3 is 0 Å². The van der Waals surface area contributed by atoms with Crippen molar-refractivity contribution in [2.45, 2.75) is 24.8 Å². The van der Waals surface area contributed by atoms with Crippen molar-refractivity contribution in [1.29, 1.82) is 0 Å². The largest absolute Gasteiger partial charge is 0.330 e. The average molecular weight is 404 g/mol. The number of hydrogen-bond donors (Lipinski definition) is 1. The number of halogens is 1. The summed E-state index contributed by atoms with van der Waals surface area (Å²) in [6.07, 6.45) is 2.10. The first kappa shape index (κ1) is 18.5. The number of carbonyl (C=O) groups is 2. The van der Waals surface area contributed by atoms with Gasteiger partial charge in [0.15, 0.2) is 0 Å². The van der Waals surface area contributed by atoms with Crippen LogP contribution in [0.1, 0.15) is 39.8 Å². The Hall–Kier alpha value is -3.48. The molecule has 30 heavy (non-hydrogen) atoms. The maximum atomic E-state index is 13.7. The number of likely N-dealkylation sites (tertiary alicyclic amines) is 1. The maximum Gasteiger partial charge on any atom is 0.272 e. The third-order valence-corrected chi connectivity index (χ3v) is 6.36. The standard InChI is InChI=1S/C23H21FN4O2/c1-14-19(27(2)13-25-14)21(29)28-12-11-23(20(28)15-7-9-16(24)10-8-15)17-5-3-4-6-18(17)26-22(23)30/h3-10,13,20H,11-12H2,1-2H3,(H,26,30)/t20-,23+/m0/s1. The van der Waals surface area contributed by atoms with E-state index in [9.17, 15) is 14.0 Å². The molecule has 1 fully saturated rings. The molecule has 152 valence electrons. The van der Waals surface area contributed by atoms with Gasteiger partial charge in [-0.3, -0.25) is 9.59 Å². The highest BCUT2D eigenvalue weighted by molar-refractivity contribution is 6.08. The summed E-state index contributed by atoms with van der Waals surface area (Å²) in [6.45, 7) is 2.21. The predicted octanol–water partition coefficient (Wildman–Crippen LogP) is 3.34. The monoisotopic (exact) mass is 404 g/mol. The Morgan fingerprint density at radius 3 is 2.63 bits per heavy atom. The summed E-state index contributed by atoms with van der Waals surface area (Å²) < 4.78 is 15.4. The van der Waals surface area contributed by atoms with Gasteiger partial charge in [0.1, 0.15) is 16.9 Å². The lowest BCUT2D eigenvalue weighted by Crippen LogP contribution is -2.43. The second-order valence-corrected chi connectivity index (χ2v) is 7.96. The fraction of sp³-hybridized carbons (Fsp3) is 0.261. The Bertz CT molecular complexity index is 1150. The number of aromatic nitrogens is 2. The van der Waals surface area contributed by atoms with Crippen molar-refractivity contribution < 1.29 is 14.0 Å². The van der Waals surface area contributed by atoms with Crippen molar-refractivity contribution >= 4 is 17.5 Å². The van der Waals surface area contributed by atoms with Crippen LogP contribution in [0.25, 0.3) is 0 Å². The van der Waals surface area contributed by atoms with Crippen LogP contribution in [-0.2, 0) is 17.3 Å². The first-order chi connectivity index (χ1) is 14.4. The fourth-order valence-electron chi connectivity index (χ4n) is 5.00. The zero-order chi connectivity index (χ0) is 21.0. The van der Waals surface area contributed by atoms with Gasteiger partial charge < -0.3 is 14.8 Å². The maximum absolute atomic E-state index is 13.7. The van der Waals surface area contributed by atoms with Gasteiger partial charge in [0.2, 0.25) is 5.91 Å². The zero-order valence-corrected chi connectivity index (χ0v) is 16.7. The van der Waals surface area contributed by atoms with E-state index in [0.29, 0.717) is 24.4 Å². The first-order valence-electron chi connectivity index (χ1n) is 9.89. The molecule has 2 aliphatic rings. The Labute approximate surface area is 173 Å². The summed E-state index contributed by atoms with van der Waals surface area (Å²) in [4.78, 5) is 33.0. The third kappa shape index (κ3) is 2.44. The van der Waals surface area contributed by atoms with Gasteiger partial charge in [-0.2, -0.15) is 0 Å². The smallest absolute Gasteiger partial charge is 0.272 e. The number of nitrogens with zero attached hydrogens (tertiary/aromatic N) is 3. The summed E-state index contributed by atoms with van der Waals surface area (Å²) in [6, 6.07) is 13.1. The molecule has 1 N–H and O–H groups in total. The number of rotatable bonds is 2. The van der Waals surface area contributed by atoms with E-state index in [2.05, 4.69) is 10.3 Å². The number of aryl methyl sites for hydroxylation is 2. The molecule has 2 amide bonds. The molecule has 2 aromatic carbocycles. The van der Waals surface area contributed by atoms with Crippen LogP contribution in [-0.4, -0.2) is 32.8 Å². The first-order valence-corrected chi connectivity index (χ1v) is 9.89. The second kappa shape index (κ2) is 6.52. The molecule has 3 heterocycles. The van der Waals surface area contributed by atoms with Gasteiger partial charge in [-0.05, 0) is 42.7 Å². The molecule has 7 heteroatoms. The summed E-state index contributed by atoms with van der Waals surface area (Å²) in [5, 5.41) is 2.99. The zero-order valence-electron chi connectivity index (χ0n) is 16.7. The Balaban J connectivity index is 1.69. The number of imidazole rings is 1. The van der Waals surface area contributed by atoms with Crippen molar-refractivity contribution in [1.82, 2.24) is 14.5 Å². The molecule has 6 nitrogen and oxygen atoms in total. The third-order valence-electron chi connectivity index (χ3n) is 6.36. The van der Waals surface area contributed by atoms with Crippen LogP contribution in [0.5, 0.6) is 0 Å². The van der Waals surface area contributed by atoms with Crippen LogP contribution < -0.4 is 5.32 Å². The van der Waals surface area contributed by atoms with E-state index in [4.69, 9.17) is 0 Å². The molecule has 5 rings (SSSR count). The van der Waals surface area contributed by atoms with Gasteiger partial charge in [0.25, 0.3) is 5.91 Å². The lowest BCUT2D eigenvalue weighted by atomic mass is 9.72. The van der Waals surface area contributed by atoms with Crippen molar-refractivity contribution in [3.8, 4) is 0 Å². The minimum atomic E-state index is -0.920. The molecular weight excluding hydrogens is 383 g/mol. The van der Waals surface area contributed by atoms with E-state index in [-0.39, 0.29) is 17.6 Å². The van der Waals surface area contributed by atoms with Gasteiger partial charge in [-0.1, -0.05) is 30.3 Å². The molecule has 0 bridgehead atoms. The summed E-state index contributed by atoms with van der Waals surface area (Å²) in [5.41, 5.74) is 2.58. The highest BCUT2D eigenvalue weighted by Crippen LogP contribution is 2.54. The van der Waals surface area contributed by atoms with Crippen molar-refractivity contribution in [3.63, 3.8) is 0 Å². The number of hydrogen-bond acceptors (Lipinski definition) is 3. The summed E-state index contributed by atoms with van der Waals surface area (Å²) in [7, 11) is 1.78. The van der Waals surface area contributed by atoms with E-state index in [1.807, 2.05) is 24.3 Å².